The zero-order valence-corrected chi connectivity index (χ0v) is 11.1. The van der Waals surface area contributed by atoms with Gasteiger partial charge in [0.2, 0.25) is 0 Å². The normalized spacial score (nSPS) is 21.1. The molecule has 16 heavy (non-hydrogen) atoms. The van der Waals surface area contributed by atoms with Gasteiger partial charge in [0, 0.05) is 0 Å². The van der Waals surface area contributed by atoms with E-state index in [9.17, 15) is 4.39 Å². The zero-order valence-electron chi connectivity index (χ0n) is 9.52. The lowest BCUT2D eigenvalue weighted by atomic mass is 9.92. The summed E-state index contributed by atoms with van der Waals surface area (Å²) >= 11 is 3.35. The van der Waals surface area contributed by atoms with Gasteiger partial charge in [-0.1, -0.05) is 6.07 Å². The maximum absolute atomic E-state index is 13.5. The van der Waals surface area contributed by atoms with Crippen molar-refractivity contribution in [2.24, 2.45) is 5.92 Å². The van der Waals surface area contributed by atoms with Crippen molar-refractivity contribution in [1.82, 2.24) is 5.32 Å². The Kier molecular flexibility index (Phi) is 3.98. The summed E-state index contributed by atoms with van der Waals surface area (Å²) < 4.78 is 14.2. The monoisotopic (exact) mass is 285 g/mol. The van der Waals surface area contributed by atoms with Crippen LogP contribution in [-0.2, 0) is 6.42 Å². The molecule has 0 spiro atoms. The van der Waals surface area contributed by atoms with Crippen LogP contribution in [0.2, 0.25) is 0 Å². The van der Waals surface area contributed by atoms with E-state index >= 15 is 0 Å². The van der Waals surface area contributed by atoms with E-state index in [2.05, 4.69) is 27.3 Å². The van der Waals surface area contributed by atoms with Crippen LogP contribution in [0.1, 0.15) is 24.0 Å². The summed E-state index contributed by atoms with van der Waals surface area (Å²) in [5, 5.41) is 3.39. The number of hydrogen-bond acceptors (Lipinski definition) is 1. The Bertz CT molecular complexity index is 372. The molecule has 1 nitrogen and oxygen atoms in total. The lowest BCUT2D eigenvalue weighted by molar-refractivity contribution is 0.375. The van der Waals surface area contributed by atoms with Gasteiger partial charge in [-0.2, -0.15) is 0 Å². The summed E-state index contributed by atoms with van der Waals surface area (Å²) in [6.07, 6.45) is 3.44. The van der Waals surface area contributed by atoms with Crippen molar-refractivity contribution in [3.8, 4) is 0 Å². The third-order valence-corrected chi connectivity index (χ3v) is 4.04. The van der Waals surface area contributed by atoms with Gasteiger partial charge in [-0.3, -0.25) is 0 Å². The molecule has 0 radical (unpaired) electrons. The molecule has 1 unspecified atom stereocenters. The topological polar surface area (TPSA) is 12.0 Å². The van der Waals surface area contributed by atoms with E-state index in [4.69, 9.17) is 0 Å². The fraction of sp³-hybridized carbons (Fsp3) is 0.538. The molecule has 0 aliphatic carbocycles. The third-order valence-electron chi connectivity index (χ3n) is 3.16. The maximum atomic E-state index is 13.5. The Hall–Kier alpha value is -0.410. The molecule has 1 aromatic carbocycles. The molecular weight excluding hydrogens is 269 g/mol. The molecule has 1 atom stereocenters. The Labute approximate surface area is 105 Å². The molecule has 1 heterocycles. The number of halogens is 2. The fourth-order valence-electron chi connectivity index (χ4n) is 2.35. The quantitative estimate of drug-likeness (QED) is 0.878. The van der Waals surface area contributed by atoms with Gasteiger partial charge in [-0.25, -0.2) is 4.39 Å². The lowest BCUT2D eigenvalue weighted by Gasteiger charge is -2.23. The van der Waals surface area contributed by atoms with Crippen LogP contribution in [0.15, 0.2) is 16.6 Å². The summed E-state index contributed by atoms with van der Waals surface area (Å²) in [6.45, 7) is 4.12. The number of benzene rings is 1. The highest BCUT2D eigenvalue weighted by atomic mass is 79.9. The molecule has 0 saturated carbocycles. The number of hydrogen-bond donors (Lipinski definition) is 1. The second-order valence-corrected chi connectivity index (χ2v) is 5.43. The van der Waals surface area contributed by atoms with Gasteiger partial charge in [0.25, 0.3) is 0 Å². The van der Waals surface area contributed by atoms with Gasteiger partial charge in [0.05, 0.1) is 4.47 Å². The third kappa shape index (κ3) is 2.83. The SMILES string of the molecule is Cc1cc(F)c(Br)c(CC2CCCNC2)c1. The Morgan fingerprint density at radius 2 is 2.31 bits per heavy atom. The molecule has 2 rings (SSSR count). The standard InChI is InChI=1S/C13H17BrFN/c1-9-5-11(13(14)12(15)6-9)7-10-3-2-4-16-8-10/h5-6,10,16H,2-4,7-8H2,1H3. The van der Waals surface area contributed by atoms with E-state index in [0.29, 0.717) is 10.4 Å². The highest BCUT2D eigenvalue weighted by Gasteiger charge is 2.16. The number of nitrogens with one attached hydrogen (secondary N) is 1. The average Bonchev–Trinajstić information content (AvgIpc) is 2.27. The highest BCUT2D eigenvalue weighted by Crippen LogP contribution is 2.26. The molecule has 0 aromatic heterocycles. The van der Waals surface area contributed by atoms with Crippen LogP contribution < -0.4 is 5.32 Å². The molecule has 1 saturated heterocycles. The Morgan fingerprint density at radius 3 is 3.00 bits per heavy atom. The summed E-state index contributed by atoms with van der Waals surface area (Å²) in [5.74, 6) is 0.505. The van der Waals surface area contributed by atoms with Crippen LogP contribution in [0.25, 0.3) is 0 Å². The summed E-state index contributed by atoms with van der Waals surface area (Å²) in [6, 6.07) is 3.66. The Balaban J connectivity index is 2.13. The summed E-state index contributed by atoms with van der Waals surface area (Å²) in [4.78, 5) is 0. The number of aryl methyl sites for hydroxylation is 1. The van der Waals surface area contributed by atoms with Crippen LogP contribution in [0, 0.1) is 18.7 Å². The molecule has 0 bridgehead atoms. The molecule has 1 fully saturated rings. The van der Waals surface area contributed by atoms with E-state index in [1.54, 1.807) is 6.07 Å². The fourth-order valence-corrected chi connectivity index (χ4v) is 2.75. The smallest absolute Gasteiger partial charge is 0.137 e. The van der Waals surface area contributed by atoms with E-state index in [1.807, 2.05) is 6.92 Å². The predicted octanol–water partition coefficient (Wildman–Crippen LogP) is 3.44. The minimum atomic E-state index is -0.140. The first-order valence-electron chi connectivity index (χ1n) is 5.82. The van der Waals surface area contributed by atoms with Gasteiger partial charge in [0.1, 0.15) is 5.82 Å². The van der Waals surface area contributed by atoms with Crippen molar-refractivity contribution in [3.05, 3.63) is 33.5 Å². The van der Waals surface area contributed by atoms with Crippen LogP contribution >= 0.6 is 15.9 Å². The maximum Gasteiger partial charge on any atom is 0.137 e. The largest absolute Gasteiger partial charge is 0.316 e. The second kappa shape index (κ2) is 5.28. The van der Waals surface area contributed by atoms with Crippen LogP contribution in [0.5, 0.6) is 0 Å². The van der Waals surface area contributed by atoms with E-state index in [0.717, 1.165) is 30.6 Å². The second-order valence-electron chi connectivity index (χ2n) is 4.64. The van der Waals surface area contributed by atoms with E-state index in [-0.39, 0.29) is 5.82 Å². The first-order chi connectivity index (χ1) is 7.66. The first-order valence-corrected chi connectivity index (χ1v) is 6.61. The molecule has 1 aliphatic heterocycles. The summed E-state index contributed by atoms with van der Waals surface area (Å²) in [7, 11) is 0. The molecule has 3 heteroatoms. The zero-order chi connectivity index (χ0) is 11.5. The average molecular weight is 286 g/mol. The molecule has 88 valence electrons. The lowest BCUT2D eigenvalue weighted by Crippen LogP contribution is -2.30. The molecule has 1 N–H and O–H groups in total. The van der Waals surface area contributed by atoms with Crippen molar-refractivity contribution in [1.29, 1.82) is 0 Å². The highest BCUT2D eigenvalue weighted by molar-refractivity contribution is 9.10. The molecule has 1 aliphatic rings. The van der Waals surface area contributed by atoms with Crippen molar-refractivity contribution in [3.63, 3.8) is 0 Å². The van der Waals surface area contributed by atoms with Crippen LogP contribution in [0.4, 0.5) is 4.39 Å². The van der Waals surface area contributed by atoms with Crippen molar-refractivity contribution >= 4 is 15.9 Å². The molecule has 0 amide bonds. The summed E-state index contributed by atoms with van der Waals surface area (Å²) in [5.41, 5.74) is 2.10. The number of piperidine rings is 1. The van der Waals surface area contributed by atoms with Crippen molar-refractivity contribution in [2.75, 3.05) is 13.1 Å². The van der Waals surface area contributed by atoms with E-state index < -0.39 is 0 Å². The van der Waals surface area contributed by atoms with E-state index in [1.165, 1.54) is 12.8 Å². The predicted molar refractivity (Wildman–Crippen MR) is 68.1 cm³/mol. The minimum absolute atomic E-state index is 0.140. The van der Waals surface area contributed by atoms with Gasteiger partial charge >= 0.3 is 0 Å². The van der Waals surface area contributed by atoms with Gasteiger partial charge in [-0.15, -0.1) is 0 Å². The first kappa shape index (κ1) is 12.1. The molecule has 1 aromatic rings. The van der Waals surface area contributed by atoms with Gasteiger partial charge in [0.15, 0.2) is 0 Å². The van der Waals surface area contributed by atoms with Gasteiger partial charge in [-0.05, 0) is 78.3 Å². The minimum Gasteiger partial charge on any atom is -0.316 e. The van der Waals surface area contributed by atoms with Crippen LogP contribution in [-0.4, -0.2) is 13.1 Å². The van der Waals surface area contributed by atoms with Gasteiger partial charge < -0.3 is 5.32 Å². The molecular formula is C13H17BrFN. The Morgan fingerprint density at radius 1 is 1.50 bits per heavy atom. The number of rotatable bonds is 2. The van der Waals surface area contributed by atoms with Crippen molar-refractivity contribution in [2.45, 2.75) is 26.2 Å². The van der Waals surface area contributed by atoms with Crippen molar-refractivity contribution < 1.29 is 4.39 Å². The van der Waals surface area contributed by atoms with Crippen LogP contribution in [0.3, 0.4) is 0 Å².